The maximum atomic E-state index is 12.0. The fourth-order valence-electron chi connectivity index (χ4n) is 2.94. The van der Waals surface area contributed by atoms with E-state index in [-0.39, 0.29) is 0 Å². The highest BCUT2D eigenvalue weighted by atomic mass is 16.4. The first kappa shape index (κ1) is 12.7. The van der Waals surface area contributed by atoms with Crippen molar-refractivity contribution in [2.75, 3.05) is 0 Å². The van der Waals surface area contributed by atoms with Crippen LogP contribution in [0.5, 0.6) is 0 Å². The van der Waals surface area contributed by atoms with E-state index < -0.39 is 11.4 Å². The summed E-state index contributed by atoms with van der Waals surface area (Å²) in [7, 11) is 0. The monoisotopic (exact) mass is 264 g/mol. The van der Waals surface area contributed by atoms with Gasteiger partial charge in [-0.1, -0.05) is 66.7 Å². The van der Waals surface area contributed by atoms with Crippen LogP contribution in [0.4, 0.5) is 0 Å². The molecule has 0 saturated heterocycles. The third-order valence-electron chi connectivity index (χ3n) is 3.95. The van der Waals surface area contributed by atoms with E-state index in [4.69, 9.17) is 0 Å². The molecule has 100 valence electrons. The maximum Gasteiger partial charge on any atom is 0.318 e. The Morgan fingerprint density at radius 2 is 1.75 bits per heavy atom. The quantitative estimate of drug-likeness (QED) is 0.863. The molecule has 2 aromatic carbocycles. The van der Waals surface area contributed by atoms with Gasteiger partial charge in [-0.15, -0.1) is 0 Å². The van der Waals surface area contributed by atoms with Gasteiger partial charge in [-0.25, -0.2) is 0 Å². The van der Waals surface area contributed by atoms with Gasteiger partial charge in [0.15, 0.2) is 0 Å². The van der Waals surface area contributed by atoms with Crippen molar-refractivity contribution in [1.82, 2.24) is 0 Å². The van der Waals surface area contributed by atoms with E-state index in [0.717, 1.165) is 23.1 Å². The number of aliphatic carboxylic acids is 1. The number of carboxylic acids is 1. The second kappa shape index (κ2) is 4.97. The van der Waals surface area contributed by atoms with E-state index in [1.165, 1.54) is 0 Å². The van der Waals surface area contributed by atoms with Gasteiger partial charge in [0.1, 0.15) is 5.41 Å². The molecule has 0 bridgehead atoms. The maximum absolute atomic E-state index is 12.0. The molecule has 0 spiro atoms. The first-order valence-electron chi connectivity index (χ1n) is 6.76. The zero-order valence-corrected chi connectivity index (χ0v) is 11.1. The molecule has 2 heteroatoms. The topological polar surface area (TPSA) is 37.3 Å². The average Bonchev–Trinajstić information content (AvgIpc) is 2.48. The van der Waals surface area contributed by atoms with Crippen LogP contribution in [0.3, 0.4) is 0 Å². The van der Waals surface area contributed by atoms with Crippen LogP contribution in [0.15, 0.2) is 66.7 Å². The van der Waals surface area contributed by atoms with Gasteiger partial charge in [0.05, 0.1) is 0 Å². The minimum absolute atomic E-state index is 0.483. The number of benzene rings is 2. The van der Waals surface area contributed by atoms with Gasteiger partial charge >= 0.3 is 5.97 Å². The third kappa shape index (κ3) is 2.03. The molecule has 1 atom stereocenters. The molecule has 2 aromatic rings. The molecule has 1 aliphatic rings. The van der Waals surface area contributed by atoms with Crippen molar-refractivity contribution in [2.45, 2.75) is 18.3 Å². The second-order valence-electron chi connectivity index (χ2n) is 5.20. The van der Waals surface area contributed by atoms with E-state index in [1.54, 1.807) is 0 Å². The largest absolute Gasteiger partial charge is 0.480 e. The Morgan fingerprint density at radius 3 is 2.50 bits per heavy atom. The molecule has 0 amide bonds. The summed E-state index contributed by atoms with van der Waals surface area (Å²) in [5, 5.41) is 9.85. The van der Waals surface area contributed by atoms with Crippen LogP contribution >= 0.6 is 0 Å². The van der Waals surface area contributed by atoms with E-state index in [9.17, 15) is 9.90 Å². The zero-order chi connectivity index (χ0) is 14.0. The number of fused-ring (bicyclic) bond motifs is 1. The molecule has 0 radical (unpaired) electrons. The van der Waals surface area contributed by atoms with Crippen molar-refractivity contribution < 1.29 is 9.90 Å². The van der Waals surface area contributed by atoms with Crippen LogP contribution in [0, 0.1) is 0 Å². The van der Waals surface area contributed by atoms with Gasteiger partial charge in [-0.2, -0.15) is 0 Å². The molecular formula is C18H16O2. The Hall–Kier alpha value is -2.35. The Bertz CT molecular complexity index is 658. The van der Waals surface area contributed by atoms with Gasteiger partial charge in [-0.3, -0.25) is 4.79 Å². The number of hydrogen-bond donors (Lipinski definition) is 1. The van der Waals surface area contributed by atoms with Gasteiger partial charge in [0, 0.05) is 0 Å². The Morgan fingerprint density at radius 1 is 1.05 bits per heavy atom. The molecule has 1 N–H and O–H groups in total. The SMILES string of the molecule is O=C(O)C1(Cc2ccccc2)C=CCc2ccccc21. The normalized spacial score (nSPS) is 20.4. The van der Waals surface area contributed by atoms with Gasteiger partial charge in [0.2, 0.25) is 0 Å². The van der Waals surface area contributed by atoms with Crippen LogP contribution < -0.4 is 0 Å². The van der Waals surface area contributed by atoms with Crippen LogP contribution in [0.1, 0.15) is 16.7 Å². The molecule has 1 aliphatic carbocycles. The molecule has 20 heavy (non-hydrogen) atoms. The fraction of sp³-hybridized carbons (Fsp3) is 0.167. The lowest BCUT2D eigenvalue weighted by Gasteiger charge is -2.31. The number of carboxylic acid groups (broad SMARTS) is 1. The minimum Gasteiger partial charge on any atom is -0.480 e. The highest BCUT2D eigenvalue weighted by molar-refractivity contribution is 5.85. The van der Waals surface area contributed by atoms with Crippen molar-refractivity contribution in [3.05, 3.63) is 83.4 Å². The van der Waals surface area contributed by atoms with Crippen molar-refractivity contribution in [3.8, 4) is 0 Å². The molecule has 2 nitrogen and oxygen atoms in total. The number of rotatable bonds is 3. The molecule has 1 unspecified atom stereocenters. The van der Waals surface area contributed by atoms with Gasteiger partial charge < -0.3 is 5.11 Å². The Labute approximate surface area is 118 Å². The van der Waals surface area contributed by atoms with Crippen LogP contribution in [-0.4, -0.2) is 11.1 Å². The number of carbonyl (C=O) groups is 1. The Kier molecular flexibility index (Phi) is 3.15. The highest BCUT2D eigenvalue weighted by Crippen LogP contribution is 2.36. The standard InChI is InChI=1S/C18H16O2/c19-17(20)18(13-14-7-2-1-3-8-14)12-6-10-15-9-4-5-11-16(15)18/h1-9,11-12H,10,13H2,(H,19,20). The van der Waals surface area contributed by atoms with Crippen LogP contribution in [0.2, 0.25) is 0 Å². The first-order valence-corrected chi connectivity index (χ1v) is 6.76. The first-order chi connectivity index (χ1) is 9.72. The summed E-state index contributed by atoms with van der Waals surface area (Å²) in [5.41, 5.74) is 2.11. The average molecular weight is 264 g/mol. The summed E-state index contributed by atoms with van der Waals surface area (Å²) in [5.74, 6) is -0.787. The van der Waals surface area contributed by atoms with Crippen molar-refractivity contribution >= 4 is 5.97 Å². The van der Waals surface area contributed by atoms with Crippen molar-refractivity contribution in [3.63, 3.8) is 0 Å². The van der Waals surface area contributed by atoms with Gasteiger partial charge in [-0.05, 0) is 29.5 Å². The third-order valence-corrected chi connectivity index (χ3v) is 3.95. The fourth-order valence-corrected chi connectivity index (χ4v) is 2.94. The summed E-state index contributed by atoms with van der Waals surface area (Å²) < 4.78 is 0. The smallest absolute Gasteiger partial charge is 0.318 e. The van der Waals surface area contributed by atoms with E-state index in [1.807, 2.05) is 66.7 Å². The molecule has 0 aliphatic heterocycles. The lowest BCUT2D eigenvalue weighted by molar-refractivity contribution is -0.142. The van der Waals surface area contributed by atoms with Gasteiger partial charge in [0.25, 0.3) is 0 Å². The summed E-state index contributed by atoms with van der Waals surface area (Å²) in [6.07, 6.45) is 5.11. The summed E-state index contributed by atoms with van der Waals surface area (Å²) in [6, 6.07) is 17.6. The number of hydrogen-bond acceptors (Lipinski definition) is 1. The van der Waals surface area contributed by atoms with E-state index in [2.05, 4.69) is 0 Å². The molecule has 0 aromatic heterocycles. The molecule has 0 heterocycles. The Balaban J connectivity index is 2.11. The van der Waals surface area contributed by atoms with Crippen LogP contribution in [0.25, 0.3) is 0 Å². The minimum atomic E-state index is -0.948. The summed E-state index contributed by atoms with van der Waals surface area (Å²) >= 11 is 0. The summed E-state index contributed by atoms with van der Waals surface area (Å²) in [6.45, 7) is 0. The highest BCUT2D eigenvalue weighted by Gasteiger charge is 2.40. The molecular weight excluding hydrogens is 248 g/mol. The lowest BCUT2D eigenvalue weighted by Crippen LogP contribution is -2.38. The second-order valence-corrected chi connectivity index (χ2v) is 5.20. The number of allylic oxidation sites excluding steroid dienone is 1. The van der Waals surface area contributed by atoms with Crippen molar-refractivity contribution in [1.29, 1.82) is 0 Å². The predicted molar refractivity (Wildman–Crippen MR) is 78.7 cm³/mol. The van der Waals surface area contributed by atoms with Crippen molar-refractivity contribution in [2.24, 2.45) is 0 Å². The lowest BCUT2D eigenvalue weighted by atomic mass is 9.70. The van der Waals surface area contributed by atoms with E-state index >= 15 is 0 Å². The summed E-state index contributed by atoms with van der Waals surface area (Å²) in [4.78, 5) is 12.0. The van der Waals surface area contributed by atoms with Crippen LogP contribution in [-0.2, 0) is 23.1 Å². The molecule has 0 saturated carbocycles. The molecule has 0 fully saturated rings. The molecule has 3 rings (SSSR count). The zero-order valence-electron chi connectivity index (χ0n) is 11.1. The predicted octanol–water partition coefficient (Wildman–Crippen LogP) is 3.36. The van der Waals surface area contributed by atoms with E-state index in [0.29, 0.717) is 6.42 Å².